The molecule has 3 rings (SSSR count). The number of carbonyl (C=O) groups is 1. The molecule has 0 aliphatic heterocycles. The lowest BCUT2D eigenvalue weighted by Gasteiger charge is -2.28. The van der Waals surface area contributed by atoms with Crippen molar-refractivity contribution >= 4 is 23.2 Å². The van der Waals surface area contributed by atoms with Gasteiger partial charge >= 0.3 is 0 Å². The second kappa shape index (κ2) is 8.95. The number of likely N-dealkylation sites (N-methyl/N-ethyl adjacent to an activating group) is 1. The highest BCUT2D eigenvalue weighted by molar-refractivity contribution is 6.31. The summed E-state index contributed by atoms with van der Waals surface area (Å²) in [5, 5.41) is 3.09. The van der Waals surface area contributed by atoms with Crippen molar-refractivity contribution in [2.75, 3.05) is 12.4 Å². The molecule has 0 unspecified atom stereocenters. The van der Waals surface area contributed by atoms with E-state index in [2.05, 4.69) is 5.32 Å². The van der Waals surface area contributed by atoms with E-state index in [0.29, 0.717) is 16.3 Å². The van der Waals surface area contributed by atoms with Gasteiger partial charge in [-0.1, -0.05) is 48.0 Å². The standard InChI is InChI=1S/C22H19ClF2N2O/c1-27(14-18-19(23)8-5-9-20(18)25)21(15-6-3-2-4-7-15)22(28)26-17-12-10-16(24)11-13-17/h2-13,21H,14H2,1H3,(H,26,28)/t21-/m1/s1. The van der Waals surface area contributed by atoms with Gasteiger partial charge in [-0.05, 0) is 49.0 Å². The molecule has 0 saturated carbocycles. The first-order chi connectivity index (χ1) is 13.5. The summed E-state index contributed by atoms with van der Waals surface area (Å²) in [6, 6.07) is 18.5. The van der Waals surface area contributed by atoms with Crippen LogP contribution in [0.2, 0.25) is 5.02 Å². The zero-order valence-electron chi connectivity index (χ0n) is 15.2. The molecule has 0 spiro atoms. The van der Waals surface area contributed by atoms with E-state index in [1.807, 2.05) is 30.3 Å². The van der Waals surface area contributed by atoms with Crippen molar-refractivity contribution in [3.63, 3.8) is 0 Å². The first kappa shape index (κ1) is 20.0. The van der Waals surface area contributed by atoms with Crippen molar-refractivity contribution in [3.8, 4) is 0 Å². The van der Waals surface area contributed by atoms with Gasteiger partial charge in [-0.15, -0.1) is 0 Å². The molecule has 3 aromatic carbocycles. The van der Waals surface area contributed by atoms with Crippen LogP contribution in [0.1, 0.15) is 17.2 Å². The van der Waals surface area contributed by atoms with Crippen LogP contribution in [0.5, 0.6) is 0 Å². The molecule has 1 amide bonds. The number of anilines is 1. The lowest BCUT2D eigenvalue weighted by Crippen LogP contribution is -2.34. The van der Waals surface area contributed by atoms with Crippen LogP contribution in [0.25, 0.3) is 0 Å². The minimum absolute atomic E-state index is 0.141. The highest BCUT2D eigenvalue weighted by atomic mass is 35.5. The van der Waals surface area contributed by atoms with Crippen molar-refractivity contribution in [1.82, 2.24) is 4.90 Å². The maximum absolute atomic E-state index is 14.2. The molecular formula is C22H19ClF2N2O. The Labute approximate surface area is 167 Å². The number of carbonyl (C=O) groups excluding carboxylic acids is 1. The van der Waals surface area contributed by atoms with Gasteiger partial charge in [0.05, 0.1) is 0 Å². The predicted octanol–water partition coefficient (Wildman–Crippen LogP) is 5.43. The first-order valence-electron chi connectivity index (χ1n) is 8.70. The van der Waals surface area contributed by atoms with Crippen molar-refractivity contribution in [1.29, 1.82) is 0 Å². The van der Waals surface area contributed by atoms with Gasteiger partial charge in [-0.2, -0.15) is 0 Å². The van der Waals surface area contributed by atoms with Gasteiger partial charge in [0.15, 0.2) is 0 Å². The maximum Gasteiger partial charge on any atom is 0.246 e. The lowest BCUT2D eigenvalue weighted by molar-refractivity contribution is -0.121. The fourth-order valence-corrected chi connectivity index (χ4v) is 3.23. The fourth-order valence-electron chi connectivity index (χ4n) is 3.01. The van der Waals surface area contributed by atoms with E-state index in [-0.39, 0.29) is 18.3 Å². The Morgan fingerprint density at radius 3 is 2.32 bits per heavy atom. The normalized spacial score (nSPS) is 12.0. The molecule has 144 valence electrons. The molecule has 1 N–H and O–H groups in total. The zero-order valence-corrected chi connectivity index (χ0v) is 16.0. The molecule has 0 aromatic heterocycles. The Bertz CT molecular complexity index is 928. The Kier molecular flexibility index (Phi) is 6.39. The first-order valence-corrected chi connectivity index (χ1v) is 9.08. The Balaban J connectivity index is 1.88. The van der Waals surface area contributed by atoms with E-state index in [0.717, 1.165) is 5.56 Å². The molecule has 28 heavy (non-hydrogen) atoms. The van der Waals surface area contributed by atoms with E-state index >= 15 is 0 Å². The molecule has 1 atom stereocenters. The Morgan fingerprint density at radius 2 is 1.68 bits per heavy atom. The van der Waals surface area contributed by atoms with Crippen molar-refractivity contribution in [2.45, 2.75) is 12.6 Å². The van der Waals surface area contributed by atoms with E-state index in [4.69, 9.17) is 11.6 Å². The number of rotatable bonds is 6. The van der Waals surface area contributed by atoms with Crippen molar-refractivity contribution in [2.24, 2.45) is 0 Å². The summed E-state index contributed by atoms with van der Waals surface area (Å²) >= 11 is 6.15. The molecule has 0 aliphatic rings. The summed E-state index contributed by atoms with van der Waals surface area (Å²) in [6.07, 6.45) is 0. The number of amides is 1. The fraction of sp³-hybridized carbons (Fsp3) is 0.136. The molecule has 0 bridgehead atoms. The maximum atomic E-state index is 14.2. The molecular weight excluding hydrogens is 382 g/mol. The SMILES string of the molecule is CN(Cc1c(F)cccc1Cl)[C@@H](C(=O)Nc1ccc(F)cc1)c1ccccc1. The summed E-state index contributed by atoms with van der Waals surface area (Å²) < 4.78 is 27.3. The van der Waals surface area contributed by atoms with Gasteiger partial charge in [0, 0.05) is 22.8 Å². The highest BCUT2D eigenvalue weighted by Gasteiger charge is 2.26. The van der Waals surface area contributed by atoms with Gasteiger partial charge in [0.1, 0.15) is 17.7 Å². The summed E-state index contributed by atoms with van der Waals surface area (Å²) in [7, 11) is 1.73. The van der Waals surface area contributed by atoms with Gasteiger partial charge < -0.3 is 5.32 Å². The minimum Gasteiger partial charge on any atom is -0.324 e. The third-order valence-electron chi connectivity index (χ3n) is 4.39. The smallest absolute Gasteiger partial charge is 0.246 e. The molecule has 3 aromatic rings. The third kappa shape index (κ3) is 4.74. The third-order valence-corrected chi connectivity index (χ3v) is 4.74. The number of nitrogens with zero attached hydrogens (tertiary/aromatic N) is 1. The van der Waals surface area contributed by atoms with Crippen LogP contribution in [0.15, 0.2) is 72.8 Å². The van der Waals surface area contributed by atoms with E-state index in [1.54, 1.807) is 18.0 Å². The molecule has 6 heteroatoms. The van der Waals surface area contributed by atoms with Gasteiger partial charge in [-0.3, -0.25) is 9.69 Å². The van der Waals surface area contributed by atoms with E-state index in [9.17, 15) is 13.6 Å². The molecule has 0 aliphatic carbocycles. The van der Waals surface area contributed by atoms with Crippen LogP contribution in [0.4, 0.5) is 14.5 Å². The second-order valence-corrected chi connectivity index (χ2v) is 6.83. The minimum atomic E-state index is -0.693. The molecule has 3 nitrogen and oxygen atoms in total. The quantitative estimate of drug-likeness (QED) is 0.598. The molecule has 0 heterocycles. The second-order valence-electron chi connectivity index (χ2n) is 6.42. The number of benzene rings is 3. The van der Waals surface area contributed by atoms with E-state index in [1.165, 1.54) is 36.4 Å². The predicted molar refractivity (Wildman–Crippen MR) is 107 cm³/mol. The average Bonchev–Trinajstić information content (AvgIpc) is 2.68. The van der Waals surface area contributed by atoms with E-state index < -0.39 is 11.9 Å². The van der Waals surface area contributed by atoms with Gasteiger partial charge in [0.25, 0.3) is 0 Å². The molecule has 0 saturated heterocycles. The average molecular weight is 401 g/mol. The number of halogens is 3. The van der Waals surface area contributed by atoms with Crippen LogP contribution in [-0.2, 0) is 11.3 Å². The summed E-state index contributed by atoms with van der Waals surface area (Å²) in [5.41, 5.74) is 1.55. The summed E-state index contributed by atoms with van der Waals surface area (Å²) in [4.78, 5) is 14.7. The van der Waals surface area contributed by atoms with Crippen LogP contribution >= 0.6 is 11.6 Å². The summed E-state index contributed by atoms with van der Waals surface area (Å²) in [5.74, 6) is -1.12. The van der Waals surface area contributed by atoms with Crippen LogP contribution in [0.3, 0.4) is 0 Å². The largest absolute Gasteiger partial charge is 0.324 e. The number of nitrogens with one attached hydrogen (secondary N) is 1. The van der Waals surface area contributed by atoms with Gasteiger partial charge in [-0.25, -0.2) is 8.78 Å². The van der Waals surface area contributed by atoms with Crippen molar-refractivity contribution in [3.05, 3.63) is 101 Å². The van der Waals surface area contributed by atoms with Crippen LogP contribution < -0.4 is 5.32 Å². The zero-order chi connectivity index (χ0) is 20.1. The van der Waals surface area contributed by atoms with Crippen LogP contribution in [-0.4, -0.2) is 17.9 Å². The number of hydrogen-bond donors (Lipinski definition) is 1. The lowest BCUT2D eigenvalue weighted by atomic mass is 10.0. The van der Waals surface area contributed by atoms with Crippen LogP contribution in [0, 0.1) is 11.6 Å². The van der Waals surface area contributed by atoms with Gasteiger partial charge in [0.2, 0.25) is 5.91 Å². The Hall–Kier alpha value is -2.76. The molecule has 0 radical (unpaired) electrons. The topological polar surface area (TPSA) is 32.3 Å². The Morgan fingerprint density at radius 1 is 1.00 bits per heavy atom. The monoisotopic (exact) mass is 400 g/mol. The summed E-state index contributed by atoms with van der Waals surface area (Å²) in [6.45, 7) is 0.141. The van der Waals surface area contributed by atoms with Crippen molar-refractivity contribution < 1.29 is 13.6 Å². The molecule has 0 fully saturated rings. The highest BCUT2D eigenvalue weighted by Crippen LogP contribution is 2.27. The number of hydrogen-bond acceptors (Lipinski definition) is 2.